The van der Waals surface area contributed by atoms with E-state index in [0.29, 0.717) is 11.8 Å². The Hall–Kier alpha value is -2.81. The standard InChI is InChI=1S/C19H27N7O2/c1-11-8-12(2)23-19(22-11)26-16(9-13(3)25-26)24-17(27)10-21-15-7-5-4-6-14(15)18(20)28/h8-9,14-15,21H,4-7,10H2,1-3H3,(H2,20,28)(H,24,27)/t14-,15-/m0/s1. The van der Waals surface area contributed by atoms with E-state index in [1.165, 1.54) is 4.68 Å². The minimum absolute atomic E-state index is 0.0635. The van der Waals surface area contributed by atoms with Gasteiger partial charge in [0.05, 0.1) is 18.2 Å². The summed E-state index contributed by atoms with van der Waals surface area (Å²) >= 11 is 0. The average Bonchev–Trinajstić information content (AvgIpc) is 2.99. The fraction of sp³-hybridized carbons (Fsp3) is 0.526. The van der Waals surface area contributed by atoms with Crippen LogP contribution in [0.1, 0.15) is 42.8 Å². The number of nitrogens with one attached hydrogen (secondary N) is 2. The molecule has 0 bridgehead atoms. The van der Waals surface area contributed by atoms with Crippen LogP contribution in [0, 0.1) is 26.7 Å². The maximum absolute atomic E-state index is 12.5. The van der Waals surface area contributed by atoms with Crippen LogP contribution < -0.4 is 16.4 Å². The second-order valence-corrected chi connectivity index (χ2v) is 7.36. The highest BCUT2D eigenvalue weighted by molar-refractivity contribution is 5.91. The Morgan fingerprint density at radius 1 is 1.11 bits per heavy atom. The van der Waals surface area contributed by atoms with Crippen LogP contribution in [-0.4, -0.2) is 44.1 Å². The van der Waals surface area contributed by atoms with Gasteiger partial charge < -0.3 is 16.4 Å². The monoisotopic (exact) mass is 385 g/mol. The van der Waals surface area contributed by atoms with Crippen molar-refractivity contribution in [3.05, 3.63) is 29.2 Å². The van der Waals surface area contributed by atoms with E-state index in [1.54, 1.807) is 6.07 Å². The zero-order valence-electron chi connectivity index (χ0n) is 16.5. The van der Waals surface area contributed by atoms with Crippen molar-refractivity contribution in [1.82, 2.24) is 25.1 Å². The van der Waals surface area contributed by atoms with E-state index >= 15 is 0 Å². The minimum Gasteiger partial charge on any atom is -0.369 e. The molecule has 0 aromatic carbocycles. The Morgan fingerprint density at radius 2 is 1.79 bits per heavy atom. The predicted octanol–water partition coefficient (Wildman–Crippen LogP) is 1.16. The molecule has 2 aromatic heterocycles. The van der Waals surface area contributed by atoms with E-state index in [0.717, 1.165) is 42.8 Å². The Labute approximate surface area is 164 Å². The van der Waals surface area contributed by atoms with Crippen LogP contribution >= 0.6 is 0 Å². The van der Waals surface area contributed by atoms with Crippen LogP contribution in [0.2, 0.25) is 0 Å². The van der Waals surface area contributed by atoms with Crippen molar-refractivity contribution >= 4 is 17.6 Å². The van der Waals surface area contributed by atoms with Crippen molar-refractivity contribution in [2.75, 3.05) is 11.9 Å². The van der Waals surface area contributed by atoms with Crippen LogP contribution in [-0.2, 0) is 9.59 Å². The number of primary amides is 1. The number of amides is 2. The van der Waals surface area contributed by atoms with Gasteiger partial charge >= 0.3 is 0 Å². The van der Waals surface area contributed by atoms with Crippen LogP contribution in [0.15, 0.2) is 12.1 Å². The van der Waals surface area contributed by atoms with Gasteiger partial charge in [-0.3, -0.25) is 9.59 Å². The lowest BCUT2D eigenvalue weighted by Gasteiger charge is -2.29. The van der Waals surface area contributed by atoms with Gasteiger partial charge in [-0.15, -0.1) is 0 Å². The molecular formula is C19H27N7O2. The fourth-order valence-corrected chi connectivity index (χ4v) is 3.67. The van der Waals surface area contributed by atoms with Crippen molar-refractivity contribution in [1.29, 1.82) is 0 Å². The van der Waals surface area contributed by atoms with E-state index in [2.05, 4.69) is 25.7 Å². The molecule has 2 heterocycles. The van der Waals surface area contributed by atoms with Gasteiger partial charge in [0.25, 0.3) is 5.95 Å². The van der Waals surface area contributed by atoms with Crippen molar-refractivity contribution < 1.29 is 9.59 Å². The van der Waals surface area contributed by atoms with E-state index in [4.69, 9.17) is 5.73 Å². The molecule has 0 unspecified atom stereocenters. The molecule has 0 saturated heterocycles. The van der Waals surface area contributed by atoms with Gasteiger partial charge in [-0.05, 0) is 39.7 Å². The molecule has 9 heteroatoms. The zero-order valence-corrected chi connectivity index (χ0v) is 16.5. The number of nitrogens with zero attached hydrogens (tertiary/aromatic N) is 4. The molecule has 2 amide bonds. The predicted molar refractivity (Wildman–Crippen MR) is 105 cm³/mol. The maximum Gasteiger partial charge on any atom is 0.252 e. The number of hydrogen-bond donors (Lipinski definition) is 3. The molecule has 9 nitrogen and oxygen atoms in total. The van der Waals surface area contributed by atoms with Crippen molar-refractivity contribution in [3.63, 3.8) is 0 Å². The number of carbonyl (C=O) groups is 2. The lowest BCUT2D eigenvalue weighted by atomic mass is 9.84. The number of aromatic nitrogens is 4. The molecule has 0 aliphatic heterocycles. The highest BCUT2D eigenvalue weighted by Gasteiger charge is 2.29. The lowest BCUT2D eigenvalue weighted by molar-refractivity contribution is -0.124. The molecule has 3 rings (SSSR count). The molecule has 0 spiro atoms. The molecule has 1 fully saturated rings. The molecule has 150 valence electrons. The lowest BCUT2D eigenvalue weighted by Crippen LogP contribution is -2.47. The molecule has 1 aliphatic rings. The second-order valence-electron chi connectivity index (χ2n) is 7.36. The van der Waals surface area contributed by atoms with Gasteiger partial charge in [0.1, 0.15) is 5.82 Å². The van der Waals surface area contributed by atoms with Crippen LogP contribution in [0.3, 0.4) is 0 Å². The smallest absolute Gasteiger partial charge is 0.252 e. The third kappa shape index (κ3) is 4.72. The van der Waals surface area contributed by atoms with Gasteiger partial charge in [-0.1, -0.05) is 12.8 Å². The largest absolute Gasteiger partial charge is 0.369 e. The summed E-state index contributed by atoms with van der Waals surface area (Å²) in [5, 5.41) is 10.4. The summed E-state index contributed by atoms with van der Waals surface area (Å²) in [4.78, 5) is 32.9. The summed E-state index contributed by atoms with van der Waals surface area (Å²) in [6, 6.07) is 3.58. The topological polar surface area (TPSA) is 128 Å². The highest BCUT2D eigenvalue weighted by Crippen LogP contribution is 2.24. The average molecular weight is 385 g/mol. The van der Waals surface area contributed by atoms with Gasteiger partial charge in [-0.25, -0.2) is 9.97 Å². The third-order valence-electron chi connectivity index (χ3n) is 4.92. The van der Waals surface area contributed by atoms with Crippen molar-refractivity contribution in [3.8, 4) is 5.95 Å². The number of carbonyl (C=O) groups excluding carboxylic acids is 2. The second kappa shape index (κ2) is 8.47. The maximum atomic E-state index is 12.5. The molecule has 28 heavy (non-hydrogen) atoms. The summed E-state index contributed by atoms with van der Waals surface area (Å²) in [5.41, 5.74) is 7.88. The number of anilines is 1. The first-order valence-electron chi connectivity index (χ1n) is 9.55. The Bertz CT molecular complexity index is 857. The summed E-state index contributed by atoms with van der Waals surface area (Å²) < 4.78 is 1.53. The Balaban J connectivity index is 1.68. The third-order valence-corrected chi connectivity index (χ3v) is 4.92. The molecule has 2 atom stereocenters. The first-order chi connectivity index (χ1) is 13.3. The normalized spacial score (nSPS) is 19.4. The first-order valence-corrected chi connectivity index (χ1v) is 9.55. The number of hydrogen-bond acceptors (Lipinski definition) is 6. The Morgan fingerprint density at radius 3 is 2.46 bits per heavy atom. The summed E-state index contributed by atoms with van der Waals surface area (Å²) in [6.45, 7) is 5.70. The molecule has 1 aliphatic carbocycles. The summed E-state index contributed by atoms with van der Waals surface area (Å²) in [7, 11) is 0. The fourth-order valence-electron chi connectivity index (χ4n) is 3.67. The van der Waals surface area contributed by atoms with Crippen LogP contribution in [0.25, 0.3) is 5.95 Å². The number of aryl methyl sites for hydroxylation is 3. The van der Waals surface area contributed by atoms with E-state index in [1.807, 2.05) is 26.8 Å². The van der Waals surface area contributed by atoms with Crippen molar-refractivity contribution in [2.45, 2.75) is 52.5 Å². The summed E-state index contributed by atoms with van der Waals surface area (Å²) in [6.07, 6.45) is 3.63. The van der Waals surface area contributed by atoms with Gasteiger partial charge in [0, 0.05) is 23.5 Å². The summed E-state index contributed by atoms with van der Waals surface area (Å²) in [5.74, 6) is 0.162. The van der Waals surface area contributed by atoms with E-state index in [9.17, 15) is 9.59 Å². The van der Waals surface area contributed by atoms with Gasteiger partial charge in [0.15, 0.2) is 0 Å². The highest BCUT2D eigenvalue weighted by atomic mass is 16.2. The number of rotatable bonds is 6. The SMILES string of the molecule is Cc1cc(C)nc(-n2nc(C)cc2NC(=O)CN[C@H]2CCCC[C@@H]2C(N)=O)n1. The molecule has 2 aromatic rings. The van der Waals surface area contributed by atoms with Crippen LogP contribution in [0.4, 0.5) is 5.82 Å². The minimum atomic E-state index is -0.307. The van der Waals surface area contributed by atoms with Crippen molar-refractivity contribution in [2.24, 2.45) is 11.7 Å². The first kappa shape index (κ1) is 19.9. The molecular weight excluding hydrogens is 358 g/mol. The molecule has 1 saturated carbocycles. The Kier molecular flexibility index (Phi) is 6.03. The molecule has 4 N–H and O–H groups in total. The van der Waals surface area contributed by atoms with Gasteiger partial charge in [-0.2, -0.15) is 9.78 Å². The molecule has 0 radical (unpaired) electrons. The van der Waals surface area contributed by atoms with E-state index < -0.39 is 0 Å². The quantitative estimate of drug-likeness (QED) is 0.685. The number of nitrogens with two attached hydrogens (primary N) is 1. The van der Waals surface area contributed by atoms with E-state index in [-0.39, 0.29) is 30.3 Å². The zero-order chi connectivity index (χ0) is 20.3. The van der Waals surface area contributed by atoms with Crippen LogP contribution in [0.5, 0.6) is 0 Å². The van der Waals surface area contributed by atoms with Gasteiger partial charge in [0.2, 0.25) is 11.8 Å².